The van der Waals surface area contributed by atoms with Gasteiger partial charge >= 0.3 is 0 Å². The van der Waals surface area contributed by atoms with Gasteiger partial charge in [0, 0.05) is 23.7 Å². The summed E-state index contributed by atoms with van der Waals surface area (Å²) in [4.78, 5) is 12.2. The number of ether oxygens (including phenoxy) is 1. The van der Waals surface area contributed by atoms with E-state index in [9.17, 15) is 13.2 Å². The van der Waals surface area contributed by atoms with Gasteiger partial charge in [-0.3, -0.25) is 4.79 Å². The smallest absolute Gasteiger partial charge is 0.240 e. The van der Waals surface area contributed by atoms with Crippen LogP contribution in [0.3, 0.4) is 0 Å². The third kappa shape index (κ3) is 6.59. The molecular formula is C22H21ClN2O4S. The van der Waals surface area contributed by atoms with E-state index < -0.39 is 10.0 Å². The van der Waals surface area contributed by atoms with E-state index in [0.717, 1.165) is 5.56 Å². The van der Waals surface area contributed by atoms with Gasteiger partial charge in [-0.15, -0.1) is 0 Å². The van der Waals surface area contributed by atoms with Crippen molar-refractivity contribution in [2.45, 2.75) is 17.9 Å². The van der Waals surface area contributed by atoms with E-state index in [1.165, 1.54) is 24.3 Å². The van der Waals surface area contributed by atoms with E-state index >= 15 is 0 Å². The molecule has 6 nitrogen and oxygen atoms in total. The zero-order valence-electron chi connectivity index (χ0n) is 16.0. The number of anilines is 1. The minimum Gasteiger partial charge on any atom is -0.489 e. The monoisotopic (exact) mass is 444 g/mol. The van der Waals surface area contributed by atoms with Gasteiger partial charge in [-0.1, -0.05) is 41.9 Å². The molecule has 0 aliphatic heterocycles. The summed E-state index contributed by atoms with van der Waals surface area (Å²) in [6.07, 6.45) is -0.000914. The second-order valence-electron chi connectivity index (χ2n) is 6.45. The molecule has 0 radical (unpaired) electrons. The van der Waals surface area contributed by atoms with Crippen molar-refractivity contribution in [1.29, 1.82) is 0 Å². The number of hydrogen-bond acceptors (Lipinski definition) is 4. The van der Waals surface area contributed by atoms with Crippen LogP contribution >= 0.6 is 11.6 Å². The summed E-state index contributed by atoms with van der Waals surface area (Å²) < 4.78 is 32.5. The molecule has 0 spiro atoms. The SMILES string of the molecule is O=C(CCNS(=O)(=O)c1ccc(Cl)cc1)Nc1ccc(OCc2ccccc2)cc1. The summed E-state index contributed by atoms with van der Waals surface area (Å²) in [5, 5.41) is 3.18. The van der Waals surface area contributed by atoms with Crippen molar-refractivity contribution < 1.29 is 17.9 Å². The van der Waals surface area contributed by atoms with Crippen LogP contribution in [0.15, 0.2) is 83.8 Å². The van der Waals surface area contributed by atoms with Gasteiger partial charge in [0.25, 0.3) is 0 Å². The van der Waals surface area contributed by atoms with Crippen molar-refractivity contribution in [3.63, 3.8) is 0 Å². The molecule has 0 saturated heterocycles. The van der Waals surface area contributed by atoms with Gasteiger partial charge in [-0.05, 0) is 54.1 Å². The molecule has 0 unspecified atom stereocenters. The third-order valence-electron chi connectivity index (χ3n) is 4.15. The standard InChI is InChI=1S/C22H21ClN2O4S/c23-18-6-12-21(13-7-18)30(27,28)24-15-14-22(26)25-19-8-10-20(11-9-19)29-16-17-4-2-1-3-5-17/h1-13,24H,14-16H2,(H,25,26). The lowest BCUT2D eigenvalue weighted by Gasteiger charge is -2.09. The van der Waals surface area contributed by atoms with Crippen LogP contribution in [0.25, 0.3) is 0 Å². The highest BCUT2D eigenvalue weighted by Crippen LogP contribution is 2.17. The van der Waals surface area contributed by atoms with E-state index in [0.29, 0.717) is 23.1 Å². The van der Waals surface area contributed by atoms with Crippen LogP contribution in [0.2, 0.25) is 5.02 Å². The van der Waals surface area contributed by atoms with Gasteiger partial charge in [-0.2, -0.15) is 0 Å². The third-order valence-corrected chi connectivity index (χ3v) is 5.88. The normalized spacial score (nSPS) is 11.1. The van der Waals surface area contributed by atoms with Crippen molar-refractivity contribution in [1.82, 2.24) is 4.72 Å². The Morgan fingerprint density at radius 2 is 1.57 bits per heavy atom. The molecule has 0 aliphatic carbocycles. The predicted octanol–water partition coefficient (Wildman–Crippen LogP) is 4.23. The molecule has 0 saturated carbocycles. The highest BCUT2D eigenvalue weighted by molar-refractivity contribution is 7.89. The first kappa shape index (κ1) is 21.8. The summed E-state index contributed by atoms with van der Waals surface area (Å²) in [6, 6.07) is 22.6. The molecule has 8 heteroatoms. The van der Waals surface area contributed by atoms with Crippen molar-refractivity contribution in [3.8, 4) is 5.75 Å². The quantitative estimate of drug-likeness (QED) is 0.517. The van der Waals surface area contributed by atoms with Crippen LogP contribution < -0.4 is 14.8 Å². The zero-order valence-corrected chi connectivity index (χ0v) is 17.6. The lowest BCUT2D eigenvalue weighted by molar-refractivity contribution is -0.116. The Balaban J connectivity index is 1.44. The number of carbonyl (C=O) groups is 1. The summed E-state index contributed by atoms with van der Waals surface area (Å²) in [5.74, 6) is 0.388. The van der Waals surface area contributed by atoms with Crippen molar-refractivity contribution >= 4 is 33.2 Å². The number of amides is 1. The molecule has 3 aromatic rings. The zero-order chi connectivity index (χ0) is 21.4. The Labute approximate surface area is 180 Å². The average Bonchev–Trinajstić information content (AvgIpc) is 2.74. The minimum absolute atomic E-state index is 0.000914. The highest BCUT2D eigenvalue weighted by Gasteiger charge is 2.14. The van der Waals surface area contributed by atoms with Crippen LogP contribution in [0, 0.1) is 0 Å². The highest BCUT2D eigenvalue weighted by atomic mass is 35.5. The Bertz CT molecular complexity index is 1070. The fraction of sp³-hybridized carbons (Fsp3) is 0.136. The number of nitrogens with one attached hydrogen (secondary N) is 2. The first-order valence-electron chi connectivity index (χ1n) is 9.24. The summed E-state index contributed by atoms with van der Waals surface area (Å²) >= 11 is 5.76. The molecule has 0 fully saturated rings. The lowest BCUT2D eigenvalue weighted by Crippen LogP contribution is -2.27. The van der Waals surface area contributed by atoms with Crippen molar-refractivity contribution in [3.05, 3.63) is 89.4 Å². The molecule has 0 heterocycles. The van der Waals surface area contributed by atoms with Crippen molar-refractivity contribution in [2.75, 3.05) is 11.9 Å². The number of benzene rings is 3. The van der Waals surface area contributed by atoms with Crippen LogP contribution in [0.1, 0.15) is 12.0 Å². The molecule has 3 aromatic carbocycles. The summed E-state index contributed by atoms with van der Waals surface area (Å²) in [7, 11) is -3.69. The molecule has 30 heavy (non-hydrogen) atoms. The van der Waals surface area contributed by atoms with Gasteiger partial charge in [0.15, 0.2) is 0 Å². The molecule has 2 N–H and O–H groups in total. The number of sulfonamides is 1. The topological polar surface area (TPSA) is 84.5 Å². The summed E-state index contributed by atoms with van der Waals surface area (Å²) in [6.45, 7) is 0.440. The molecule has 0 bridgehead atoms. The van der Waals surface area contributed by atoms with E-state index in [-0.39, 0.29) is 23.8 Å². The first-order chi connectivity index (χ1) is 14.4. The van der Waals surface area contributed by atoms with Crippen LogP contribution in [-0.2, 0) is 21.4 Å². The number of carbonyl (C=O) groups excluding carboxylic acids is 1. The Kier molecular flexibility index (Phi) is 7.46. The minimum atomic E-state index is -3.69. The fourth-order valence-corrected chi connectivity index (χ4v) is 3.75. The Hall–Kier alpha value is -2.87. The molecule has 156 valence electrons. The largest absolute Gasteiger partial charge is 0.489 e. The van der Waals surface area contributed by atoms with Gasteiger partial charge in [0.1, 0.15) is 12.4 Å². The molecule has 0 aliphatic rings. The van der Waals surface area contributed by atoms with E-state index in [4.69, 9.17) is 16.3 Å². The fourth-order valence-electron chi connectivity index (χ4n) is 2.59. The Morgan fingerprint density at radius 1 is 0.900 bits per heavy atom. The lowest BCUT2D eigenvalue weighted by atomic mass is 10.2. The maximum absolute atomic E-state index is 12.2. The van der Waals surface area contributed by atoms with Gasteiger partial charge in [0.2, 0.25) is 15.9 Å². The van der Waals surface area contributed by atoms with E-state index in [1.54, 1.807) is 24.3 Å². The Morgan fingerprint density at radius 3 is 2.23 bits per heavy atom. The second kappa shape index (κ2) is 10.2. The summed E-state index contributed by atoms with van der Waals surface area (Å²) in [5.41, 5.74) is 1.67. The van der Waals surface area contributed by atoms with Crippen LogP contribution in [0.5, 0.6) is 5.75 Å². The molecule has 3 rings (SSSR count). The van der Waals surface area contributed by atoms with Crippen molar-refractivity contribution in [2.24, 2.45) is 0 Å². The number of halogens is 1. The van der Waals surface area contributed by atoms with Gasteiger partial charge in [-0.25, -0.2) is 13.1 Å². The molecule has 0 atom stereocenters. The average molecular weight is 445 g/mol. The number of hydrogen-bond donors (Lipinski definition) is 2. The van der Waals surface area contributed by atoms with Crippen LogP contribution in [-0.4, -0.2) is 20.9 Å². The first-order valence-corrected chi connectivity index (χ1v) is 11.1. The second-order valence-corrected chi connectivity index (χ2v) is 8.65. The molecule has 0 aromatic heterocycles. The van der Waals surface area contributed by atoms with Gasteiger partial charge < -0.3 is 10.1 Å². The predicted molar refractivity (Wildman–Crippen MR) is 117 cm³/mol. The molecular weight excluding hydrogens is 424 g/mol. The number of rotatable bonds is 9. The maximum Gasteiger partial charge on any atom is 0.240 e. The van der Waals surface area contributed by atoms with Gasteiger partial charge in [0.05, 0.1) is 4.90 Å². The van der Waals surface area contributed by atoms with Crippen LogP contribution in [0.4, 0.5) is 5.69 Å². The molecule has 1 amide bonds. The van der Waals surface area contributed by atoms with E-state index in [2.05, 4.69) is 10.0 Å². The van der Waals surface area contributed by atoms with E-state index in [1.807, 2.05) is 30.3 Å². The maximum atomic E-state index is 12.2.